The molecular formula is C15H22N6O. The molecule has 0 aromatic carbocycles. The van der Waals surface area contributed by atoms with Crippen molar-refractivity contribution in [1.82, 2.24) is 25.1 Å². The van der Waals surface area contributed by atoms with Gasteiger partial charge in [-0.2, -0.15) is 5.10 Å². The van der Waals surface area contributed by atoms with Gasteiger partial charge in [-0.25, -0.2) is 15.0 Å². The van der Waals surface area contributed by atoms with Gasteiger partial charge in [0.2, 0.25) is 5.95 Å². The molecule has 0 spiro atoms. The van der Waals surface area contributed by atoms with E-state index in [9.17, 15) is 0 Å². The molecule has 7 nitrogen and oxygen atoms in total. The van der Waals surface area contributed by atoms with E-state index in [1.54, 1.807) is 0 Å². The summed E-state index contributed by atoms with van der Waals surface area (Å²) < 4.78 is 5.37. The third-order valence-electron chi connectivity index (χ3n) is 3.76. The lowest BCUT2D eigenvalue weighted by atomic mass is 10.00. The van der Waals surface area contributed by atoms with Crippen LogP contribution in [0.1, 0.15) is 41.8 Å². The molecule has 22 heavy (non-hydrogen) atoms. The van der Waals surface area contributed by atoms with E-state index in [1.165, 1.54) is 0 Å². The van der Waals surface area contributed by atoms with Crippen molar-refractivity contribution < 1.29 is 4.74 Å². The van der Waals surface area contributed by atoms with Crippen molar-refractivity contribution in [2.45, 2.75) is 39.0 Å². The fourth-order valence-electron chi connectivity index (χ4n) is 2.66. The molecule has 0 amide bonds. The molecule has 1 aliphatic heterocycles. The second-order valence-corrected chi connectivity index (χ2v) is 5.68. The van der Waals surface area contributed by atoms with Crippen LogP contribution >= 0.6 is 0 Å². The predicted molar refractivity (Wildman–Crippen MR) is 82.9 cm³/mol. The van der Waals surface area contributed by atoms with Crippen LogP contribution in [0.2, 0.25) is 0 Å². The van der Waals surface area contributed by atoms with E-state index in [0.717, 1.165) is 62.1 Å². The lowest BCUT2D eigenvalue weighted by Gasteiger charge is -2.18. The van der Waals surface area contributed by atoms with Gasteiger partial charge in [-0.3, -0.25) is 5.10 Å². The van der Waals surface area contributed by atoms with E-state index < -0.39 is 0 Å². The normalized spacial score (nSPS) is 15.9. The lowest BCUT2D eigenvalue weighted by molar-refractivity contribution is 0.0836. The maximum atomic E-state index is 5.37. The third kappa shape index (κ3) is 3.79. The van der Waals surface area contributed by atoms with Crippen LogP contribution in [-0.4, -0.2) is 44.9 Å². The fourth-order valence-corrected chi connectivity index (χ4v) is 2.66. The van der Waals surface area contributed by atoms with E-state index >= 15 is 0 Å². The summed E-state index contributed by atoms with van der Waals surface area (Å²) in [7, 11) is 0. The molecule has 2 N–H and O–H groups in total. The van der Waals surface area contributed by atoms with Crippen molar-refractivity contribution in [1.29, 1.82) is 0 Å². The quantitative estimate of drug-likeness (QED) is 0.875. The molecule has 0 aliphatic carbocycles. The van der Waals surface area contributed by atoms with E-state index in [-0.39, 0.29) is 0 Å². The minimum Gasteiger partial charge on any atom is -0.381 e. The first-order valence-corrected chi connectivity index (χ1v) is 7.76. The zero-order valence-electron chi connectivity index (χ0n) is 13.1. The minimum atomic E-state index is 0.425. The number of aromatic amines is 1. The summed E-state index contributed by atoms with van der Waals surface area (Å²) in [6, 6.07) is 1.96. The largest absolute Gasteiger partial charge is 0.381 e. The Bertz CT molecular complexity index is 600. The molecule has 0 bridgehead atoms. The average Bonchev–Trinajstić information content (AvgIpc) is 2.96. The summed E-state index contributed by atoms with van der Waals surface area (Å²) in [6.07, 6.45) is 2.78. The molecule has 2 aromatic rings. The van der Waals surface area contributed by atoms with Gasteiger partial charge in [0.05, 0.1) is 0 Å². The Kier molecular flexibility index (Phi) is 4.62. The van der Waals surface area contributed by atoms with Crippen molar-refractivity contribution in [3.8, 4) is 0 Å². The molecule has 1 saturated heterocycles. The SMILES string of the molecule is Cc1cc(C)nc(NCCc2nc(C3CCOCC3)n[nH]2)n1. The number of hydrogen-bond acceptors (Lipinski definition) is 6. The van der Waals surface area contributed by atoms with Gasteiger partial charge in [0.1, 0.15) is 5.82 Å². The van der Waals surface area contributed by atoms with Crippen molar-refractivity contribution in [2.24, 2.45) is 0 Å². The Morgan fingerprint density at radius 2 is 1.91 bits per heavy atom. The molecule has 0 atom stereocenters. The van der Waals surface area contributed by atoms with Crippen LogP contribution in [-0.2, 0) is 11.2 Å². The molecule has 118 valence electrons. The average molecular weight is 302 g/mol. The molecule has 1 aliphatic rings. The fraction of sp³-hybridized carbons (Fsp3) is 0.600. The van der Waals surface area contributed by atoms with Crippen LogP contribution in [0.5, 0.6) is 0 Å². The Labute approximate surface area is 129 Å². The summed E-state index contributed by atoms with van der Waals surface area (Å²) in [5.41, 5.74) is 1.94. The zero-order valence-corrected chi connectivity index (χ0v) is 13.1. The third-order valence-corrected chi connectivity index (χ3v) is 3.76. The van der Waals surface area contributed by atoms with Gasteiger partial charge in [0.25, 0.3) is 0 Å². The lowest BCUT2D eigenvalue weighted by Crippen LogP contribution is -2.15. The van der Waals surface area contributed by atoms with E-state index in [0.29, 0.717) is 11.9 Å². The topological polar surface area (TPSA) is 88.6 Å². The van der Waals surface area contributed by atoms with Gasteiger partial charge in [-0.15, -0.1) is 0 Å². The first-order valence-electron chi connectivity index (χ1n) is 7.76. The first kappa shape index (κ1) is 14.9. The van der Waals surface area contributed by atoms with Crippen molar-refractivity contribution in [3.05, 3.63) is 29.1 Å². The van der Waals surface area contributed by atoms with Gasteiger partial charge < -0.3 is 10.1 Å². The minimum absolute atomic E-state index is 0.425. The van der Waals surface area contributed by atoms with Gasteiger partial charge in [0.15, 0.2) is 5.82 Å². The van der Waals surface area contributed by atoms with Crippen molar-refractivity contribution in [3.63, 3.8) is 0 Å². The highest BCUT2D eigenvalue weighted by molar-refractivity contribution is 5.27. The van der Waals surface area contributed by atoms with Crippen LogP contribution in [0, 0.1) is 13.8 Å². The Morgan fingerprint density at radius 3 is 2.64 bits per heavy atom. The maximum absolute atomic E-state index is 5.37. The van der Waals surface area contributed by atoms with E-state index in [2.05, 4.69) is 30.5 Å². The number of aryl methyl sites for hydroxylation is 2. The summed E-state index contributed by atoms with van der Waals surface area (Å²) in [6.45, 7) is 6.28. The Balaban J connectivity index is 1.52. The van der Waals surface area contributed by atoms with Gasteiger partial charge in [-0.1, -0.05) is 0 Å². The second kappa shape index (κ2) is 6.83. The van der Waals surface area contributed by atoms with Gasteiger partial charge >= 0.3 is 0 Å². The Hall–Kier alpha value is -2.02. The molecule has 3 rings (SSSR count). The van der Waals surface area contributed by atoms with Crippen LogP contribution < -0.4 is 5.32 Å². The Morgan fingerprint density at radius 1 is 1.18 bits per heavy atom. The second-order valence-electron chi connectivity index (χ2n) is 5.68. The molecule has 3 heterocycles. The van der Waals surface area contributed by atoms with Gasteiger partial charge in [0, 0.05) is 43.5 Å². The monoisotopic (exact) mass is 302 g/mol. The number of aromatic nitrogens is 5. The molecule has 0 saturated carbocycles. The zero-order chi connectivity index (χ0) is 15.4. The van der Waals surface area contributed by atoms with Crippen LogP contribution in [0.15, 0.2) is 6.07 Å². The molecule has 7 heteroatoms. The maximum Gasteiger partial charge on any atom is 0.223 e. The van der Waals surface area contributed by atoms with Gasteiger partial charge in [-0.05, 0) is 32.8 Å². The van der Waals surface area contributed by atoms with Crippen molar-refractivity contribution >= 4 is 5.95 Å². The number of H-pyrrole nitrogens is 1. The number of rotatable bonds is 5. The highest BCUT2D eigenvalue weighted by atomic mass is 16.5. The number of nitrogens with zero attached hydrogens (tertiary/aromatic N) is 4. The molecule has 0 unspecified atom stereocenters. The van der Waals surface area contributed by atoms with Crippen LogP contribution in [0.4, 0.5) is 5.95 Å². The standard InChI is InChI=1S/C15H22N6O/c1-10-9-11(2)18-15(17-10)16-6-3-13-19-14(21-20-13)12-4-7-22-8-5-12/h9,12H,3-8H2,1-2H3,(H,16,17,18)(H,19,20,21). The summed E-state index contributed by atoms with van der Waals surface area (Å²) in [5, 5.41) is 10.6. The number of ether oxygens (including phenoxy) is 1. The van der Waals surface area contributed by atoms with Crippen molar-refractivity contribution in [2.75, 3.05) is 25.1 Å². The summed E-state index contributed by atoms with van der Waals surface area (Å²) >= 11 is 0. The highest BCUT2D eigenvalue weighted by Gasteiger charge is 2.19. The van der Waals surface area contributed by atoms with Crippen LogP contribution in [0.3, 0.4) is 0 Å². The number of nitrogens with one attached hydrogen (secondary N) is 2. The highest BCUT2D eigenvalue weighted by Crippen LogP contribution is 2.23. The summed E-state index contributed by atoms with van der Waals surface area (Å²) in [4.78, 5) is 13.3. The number of anilines is 1. The summed E-state index contributed by atoms with van der Waals surface area (Å²) in [5.74, 6) is 2.91. The molecule has 2 aromatic heterocycles. The smallest absolute Gasteiger partial charge is 0.223 e. The molecule has 0 radical (unpaired) electrons. The molecule has 1 fully saturated rings. The van der Waals surface area contributed by atoms with E-state index in [1.807, 2.05) is 19.9 Å². The van der Waals surface area contributed by atoms with Crippen LogP contribution in [0.25, 0.3) is 0 Å². The number of hydrogen-bond donors (Lipinski definition) is 2. The molecular weight excluding hydrogens is 280 g/mol. The predicted octanol–water partition coefficient (Wildman–Crippen LogP) is 1.76. The van der Waals surface area contributed by atoms with E-state index in [4.69, 9.17) is 4.74 Å². The first-order chi connectivity index (χ1) is 10.7.